The molecule has 0 atom stereocenters. The molecule has 0 N–H and O–H groups in total. The molecule has 2 aromatic rings. The van der Waals surface area contributed by atoms with Crippen molar-refractivity contribution in [2.45, 2.75) is 34.1 Å². The molecule has 23 heavy (non-hydrogen) atoms. The zero-order valence-electron chi connectivity index (χ0n) is 14.3. The van der Waals surface area contributed by atoms with E-state index in [9.17, 15) is 0 Å². The van der Waals surface area contributed by atoms with E-state index in [1.807, 2.05) is 62.4 Å². The molecule has 0 heterocycles. The van der Waals surface area contributed by atoms with Crippen LogP contribution in [0.3, 0.4) is 0 Å². The zero-order valence-corrected chi connectivity index (χ0v) is 16.1. The van der Waals surface area contributed by atoms with Gasteiger partial charge in [-0.15, -0.1) is 0 Å². The summed E-state index contributed by atoms with van der Waals surface area (Å²) in [6, 6.07) is 15.9. The van der Waals surface area contributed by atoms with Gasteiger partial charge in [-0.2, -0.15) is 0 Å². The van der Waals surface area contributed by atoms with Crippen molar-refractivity contribution in [3.8, 4) is 11.5 Å². The van der Waals surface area contributed by atoms with Gasteiger partial charge in [-0.1, -0.05) is 0 Å². The molecule has 0 bridgehead atoms. The fraction of sp³-hybridized carbons (Fsp3) is 0.368. The molecule has 0 amide bonds. The van der Waals surface area contributed by atoms with Crippen LogP contribution >= 0.6 is 18.3 Å². The van der Waals surface area contributed by atoms with Crippen molar-refractivity contribution in [3.63, 3.8) is 0 Å². The first kappa shape index (κ1) is 18.1. The Labute approximate surface area is 145 Å². The fourth-order valence-electron chi connectivity index (χ4n) is 2.25. The zero-order chi connectivity index (χ0) is 16.9. The maximum atomic E-state index is 6.89. The van der Waals surface area contributed by atoms with Crippen LogP contribution in [0.15, 0.2) is 48.5 Å². The molecular formula is C19H26ClO2P. The van der Waals surface area contributed by atoms with E-state index < -0.39 is 7.07 Å². The van der Waals surface area contributed by atoms with Crippen LogP contribution in [0.25, 0.3) is 0 Å². The molecule has 0 aromatic heterocycles. The number of aryl methyl sites for hydroxylation is 2. The third-order valence-electron chi connectivity index (χ3n) is 3.73. The second-order valence-electron chi connectivity index (χ2n) is 6.33. The summed E-state index contributed by atoms with van der Waals surface area (Å²) in [6.07, 6.45) is 1.72. The molecule has 0 saturated carbocycles. The normalized spacial score (nSPS) is 12.3. The van der Waals surface area contributed by atoms with E-state index in [1.54, 1.807) is 0 Å². The summed E-state index contributed by atoms with van der Waals surface area (Å²) in [6.45, 7) is 8.43. The Bertz CT molecular complexity index is 595. The Morgan fingerprint density at radius 1 is 0.870 bits per heavy atom. The van der Waals surface area contributed by atoms with E-state index in [2.05, 4.69) is 13.8 Å². The van der Waals surface area contributed by atoms with Crippen molar-refractivity contribution in [2.75, 3.05) is 6.16 Å². The third-order valence-corrected chi connectivity index (χ3v) is 6.70. The van der Waals surface area contributed by atoms with Crippen molar-refractivity contribution >= 4 is 18.3 Å². The number of hydrogen-bond donors (Lipinski definition) is 0. The van der Waals surface area contributed by atoms with Gasteiger partial charge >= 0.3 is 145 Å². The van der Waals surface area contributed by atoms with Crippen LogP contribution in [-0.2, 0) is 0 Å². The molecule has 0 radical (unpaired) electrons. The van der Waals surface area contributed by atoms with Crippen LogP contribution in [0, 0.1) is 19.8 Å². The molecule has 0 spiro atoms. The first-order chi connectivity index (χ1) is 10.9. The van der Waals surface area contributed by atoms with E-state index in [0.717, 1.165) is 35.2 Å². The molecule has 4 heteroatoms. The number of hydrogen-bond acceptors (Lipinski definition) is 2. The number of halogens is 1. The Hall–Kier alpha value is -1.24. The Morgan fingerprint density at radius 2 is 1.30 bits per heavy atom. The van der Waals surface area contributed by atoms with Crippen molar-refractivity contribution in [1.82, 2.24) is 0 Å². The average molecular weight is 353 g/mol. The predicted octanol–water partition coefficient (Wildman–Crippen LogP) is 6.54. The molecule has 0 saturated heterocycles. The van der Waals surface area contributed by atoms with Crippen LogP contribution in [0.5, 0.6) is 11.5 Å². The first-order valence-corrected chi connectivity index (χ1v) is 11.1. The molecule has 0 fully saturated rings. The summed E-state index contributed by atoms with van der Waals surface area (Å²) in [4.78, 5) is 0. The second-order valence-corrected chi connectivity index (χ2v) is 10.3. The predicted molar refractivity (Wildman–Crippen MR) is 102 cm³/mol. The van der Waals surface area contributed by atoms with Crippen molar-refractivity contribution in [3.05, 3.63) is 59.7 Å². The van der Waals surface area contributed by atoms with Crippen LogP contribution in [0.1, 0.15) is 31.4 Å². The van der Waals surface area contributed by atoms with E-state index in [-0.39, 0.29) is 0 Å². The maximum absolute atomic E-state index is 6.89. The molecule has 2 nitrogen and oxygen atoms in total. The van der Waals surface area contributed by atoms with E-state index >= 15 is 0 Å². The van der Waals surface area contributed by atoms with E-state index in [1.165, 1.54) is 0 Å². The number of rotatable bonds is 7. The molecule has 0 aliphatic carbocycles. The van der Waals surface area contributed by atoms with Gasteiger partial charge < -0.3 is 0 Å². The Balaban J connectivity index is 2.24. The summed E-state index contributed by atoms with van der Waals surface area (Å²) in [5.41, 5.74) is 2.14. The van der Waals surface area contributed by atoms with Gasteiger partial charge in [0.25, 0.3) is 0 Å². The van der Waals surface area contributed by atoms with Crippen LogP contribution in [-0.4, -0.2) is 6.16 Å². The van der Waals surface area contributed by atoms with Gasteiger partial charge in [0.2, 0.25) is 0 Å². The van der Waals surface area contributed by atoms with E-state index in [0.29, 0.717) is 5.92 Å². The van der Waals surface area contributed by atoms with Gasteiger partial charge in [0, 0.05) is 0 Å². The van der Waals surface area contributed by atoms with Gasteiger partial charge in [0.05, 0.1) is 0 Å². The molecule has 2 rings (SSSR count). The van der Waals surface area contributed by atoms with Gasteiger partial charge in [-0.25, -0.2) is 0 Å². The number of benzene rings is 2. The van der Waals surface area contributed by atoms with Crippen LogP contribution in [0.4, 0.5) is 0 Å². The van der Waals surface area contributed by atoms with Gasteiger partial charge in [0.1, 0.15) is 0 Å². The molecule has 2 aromatic carbocycles. The van der Waals surface area contributed by atoms with Crippen molar-refractivity contribution in [1.29, 1.82) is 0 Å². The van der Waals surface area contributed by atoms with Gasteiger partial charge in [-0.3, -0.25) is 0 Å². The SMILES string of the molecule is Cc1ccccc1O[PH](Cl)(CCC(C)C)Oc1ccccc1C. The summed E-state index contributed by atoms with van der Waals surface area (Å²) < 4.78 is 12.4. The third kappa shape index (κ3) is 5.41. The molecule has 0 aliphatic heterocycles. The number of para-hydroxylation sites is 2. The Morgan fingerprint density at radius 3 is 1.70 bits per heavy atom. The van der Waals surface area contributed by atoms with E-state index in [4.69, 9.17) is 20.3 Å². The molecule has 126 valence electrons. The fourth-order valence-corrected chi connectivity index (χ4v) is 5.36. The van der Waals surface area contributed by atoms with Gasteiger partial charge in [0.15, 0.2) is 0 Å². The quantitative estimate of drug-likeness (QED) is 0.526. The molecule has 0 aliphatic rings. The standard InChI is InChI=1S/C19H26ClO2P/c1-15(2)13-14-23(20,21-18-11-7-5-9-16(18)3)22-19-12-8-6-10-17(19)4/h5-12,15,23H,13-14H2,1-4H3. The summed E-state index contributed by atoms with van der Waals surface area (Å²) in [5.74, 6) is 2.18. The summed E-state index contributed by atoms with van der Waals surface area (Å²) >= 11 is 6.89. The Kier molecular flexibility index (Phi) is 6.33. The summed E-state index contributed by atoms with van der Waals surface area (Å²) in [7, 11) is -2.88. The minimum atomic E-state index is -2.88. The minimum absolute atomic E-state index is 0.557. The van der Waals surface area contributed by atoms with Crippen LogP contribution < -0.4 is 9.05 Å². The topological polar surface area (TPSA) is 18.5 Å². The van der Waals surface area contributed by atoms with Crippen molar-refractivity contribution in [2.24, 2.45) is 5.92 Å². The van der Waals surface area contributed by atoms with Gasteiger partial charge in [-0.05, 0) is 0 Å². The van der Waals surface area contributed by atoms with Crippen LogP contribution in [0.2, 0.25) is 0 Å². The van der Waals surface area contributed by atoms with Crippen molar-refractivity contribution < 1.29 is 9.05 Å². The second kappa shape index (κ2) is 8.04. The summed E-state index contributed by atoms with van der Waals surface area (Å²) in [5, 5.41) is 0. The first-order valence-electron chi connectivity index (χ1n) is 8.08. The molecule has 0 unspecified atom stereocenters. The molecular weight excluding hydrogens is 327 g/mol. The average Bonchev–Trinajstić information content (AvgIpc) is 2.50. The monoisotopic (exact) mass is 352 g/mol.